The number of para-hydroxylation sites is 2. The molecule has 1 aromatic heterocycles. The molecular formula is C21H25N3O2S. The summed E-state index contributed by atoms with van der Waals surface area (Å²) >= 11 is 1.52. The van der Waals surface area contributed by atoms with Crippen LogP contribution < -0.4 is 15.0 Å². The molecule has 6 heteroatoms. The van der Waals surface area contributed by atoms with Gasteiger partial charge in [0.1, 0.15) is 12.4 Å². The summed E-state index contributed by atoms with van der Waals surface area (Å²) in [7, 11) is 3.69. The molecule has 0 aliphatic rings. The average molecular weight is 384 g/mol. The molecular weight excluding hydrogens is 358 g/mol. The average Bonchev–Trinajstić information content (AvgIpc) is 3.26. The number of benzene rings is 2. The van der Waals surface area contributed by atoms with Gasteiger partial charge in [-0.25, -0.2) is 4.98 Å². The largest absolute Gasteiger partial charge is 0.486 e. The Morgan fingerprint density at radius 1 is 1.15 bits per heavy atom. The molecule has 0 radical (unpaired) electrons. The van der Waals surface area contributed by atoms with Crippen molar-refractivity contribution in [1.29, 1.82) is 0 Å². The van der Waals surface area contributed by atoms with Gasteiger partial charge in [0.05, 0.1) is 16.8 Å². The van der Waals surface area contributed by atoms with Crippen LogP contribution in [0.4, 0.5) is 5.69 Å². The molecule has 0 atom stereocenters. The summed E-state index contributed by atoms with van der Waals surface area (Å²) in [5.74, 6) is 0.415. The first-order valence-corrected chi connectivity index (χ1v) is 9.67. The normalized spacial score (nSPS) is 9.74. The van der Waals surface area contributed by atoms with Crippen molar-refractivity contribution in [3.05, 3.63) is 76.7 Å². The van der Waals surface area contributed by atoms with Gasteiger partial charge in [-0.2, -0.15) is 0 Å². The van der Waals surface area contributed by atoms with Crippen molar-refractivity contribution in [2.45, 2.75) is 13.5 Å². The lowest BCUT2D eigenvalue weighted by Gasteiger charge is -2.15. The van der Waals surface area contributed by atoms with Crippen molar-refractivity contribution in [1.82, 2.24) is 10.3 Å². The summed E-state index contributed by atoms with van der Waals surface area (Å²) in [6, 6.07) is 17.5. The van der Waals surface area contributed by atoms with E-state index in [1.54, 1.807) is 30.8 Å². The van der Waals surface area contributed by atoms with Crippen molar-refractivity contribution in [3.8, 4) is 5.75 Å². The van der Waals surface area contributed by atoms with E-state index in [0.717, 1.165) is 12.2 Å². The Hall–Kier alpha value is -2.86. The second-order valence-corrected chi connectivity index (χ2v) is 6.41. The molecule has 0 bridgehead atoms. The molecule has 0 unspecified atom stereocenters. The SMILES string of the molecule is CCN(C)c1ccccc1.CNC(=O)c1ccccc1OCc1cscn1. The van der Waals surface area contributed by atoms with Crippen molar-refractivity contribution in [2.75, 3.05) is 25.5 Å². The van der Waals surface area contributed by atoms with Crippen LogP contribution in [-0.2, 0) is 6.61 Å². The Morgan fingerprint density at radius 3 is 2.48 bits per heavy atom. The predicted molar refractivity (Wildman–Crippen MR) is 112 cm³/mol. The zero-order valence-corrected chi connectivity index (χ0v) is 16.7. The Balaban J connectivity index is 0.000000223. The first kappa shape index (κ1) is 20.5. The maximum Gasteiger partial charge on any atom is 0.254 e. The number of nitrogens with zero attached hydrogens (tertiary/aromatic N) is 2. The highest BCUT2D eigenvalue weighted by Crippen LogP contribution is 2.19. The molecule has 1 amide bonds. The second kappa shape index (κ2) is 11.0. The minimum Gasteiger partial charge on any atom is -0.486 e. The molecule has 2 aromatic carbocycles. The lowest BCUT2D eigenvalue weighted by atomic mass is 10.2. The van der Waals surface area contributed by atoms with Gasteiger partial charge in [-0.3, -0.25) is 4.79 Å². The van der Waals surface area contributed by atoms with Crippen LogP contribution in [0.2, 0.25) is 0 Å². The van der Waals surface area contributed by atoms with E-state index in [4.69, 9.17) is 4.74 Å². The molecule has 27 heavy (non-hydrogen) atoms. The molecule has 0 saturated heterocycles. The number of hydrogen-bond donors (Lipinski definition) is 1. The summed E-state index contributed by atoms with van der Waals surface area (Å²) in [5.41, 5.74) is 4.43. The summed E-state index contributed by atoms with van der Waals surface area (Å²) in [6.45, 7) is 3.58. The number of carbonyl (C=O) groups excluding carboxylic acids is 1. The van der Waals surface area contributed by atoms with Gasteiger partial charge < -0.3 is 15.0 Å². The van der Waals surface area contributed by atoms with E-state index >= 15 is 0 Å². The molecule has 0 fully saturated rings. The van der Waals surface area contributed by atoms with Crippen LogP contribution in [0.3, 0.4) is 0 Å². The van der Waals surface area contributed by atoms with Gasteiger partial charge in [0.2, 0.25) is 0 Å². The predicted octanol–water partition coefficient (Wildman–Crippen LogP) is 4.22. The fourth-order valence-electron chi connectivity index (χ4n) is 2.24. The van der Waals surface area contributed by atoms with Crippen LogP contribution in [0, 0.1) is 0 Å². The number of carbonyl (C=O) groups is 1. The summed E-state index contributed by atoms with van der Waals surface area (Å²) < 4.78 is 5.59. The van der Waals surface area contributed by atoms with E-state index in [9.17, 15) is 4.79 Å². The standard InChI is InChI=1S/C12H12N2O2S.C9H13N/c1-13-12(15)10-4-2-3-5-11(10)16-6-9-7-17-8-14-9;1-3-10(2)9-7-5-4-6-8-9/h2-5,7-8H,6H2,1H3,(H,13,15);4-8H,3H2,1-2H3. The highest BCUT2D eigenvalue weighted by Gasteiger charge is 2.10. The Kier molecular flexibility index (Phi) is 8.32. The molecule has 5 nitrogen and oxygen atoms in total. The molecule has 3 rings (SSSR count). The monoisotopic (exact) mass is 383 g/mol. The van der Waals surface area contributed by atoms with E-state index in [1.165, 1.54) is 17.0 Å². The zero-order valence-electron chi connectivity index (χ0n) is 15.9. The van der Waals surface area contributed by atoms with Gasteiger partial charge in [-0.15, -0.1) is 11.3 Å². The van der Waals surface area contributed by atoms with E-state index in [2.05, 4.69) is 53.4 Å². The third-order valence-corrected chi connectivity index (χ3v) is 4.52. The topological polar surface area (TPSA) is 54.5 Å². The number of ether oxygens (including phenoxy) is 1. The van der Waals surface area contributed by atoms with E-state index in [-0.39, 0.29) is 5.91 Å². The van der Waals surface area contributed by atoms with Gasteiger partial charge in [-0.05, 0) is 31.2 Å². The van der Waals surface area contributed by atoms with E-state index in [0.29, 0.717) is 17.9 Å². The fourth-order valence-corrected chi connectivity index (χ4v) is 2.78. The number of rotatable bonds is 6. The summed E-state index contributed by atoms with van der Waals surface area (Å²) in [4.78, 5) is 17.9. The molecule has 1 N–H and O–H groups in total. The summed E-state index contributed by atoms with van der Waals surface area (Å²) in [6.07, 6.45) is 0. The van der Waals surface area contributed by atoms with Gasteiger partial charge >= 0.3 is 0 Å². The molecule has 3 aromatic rings. The van der Waals surface area contributed by atoms with Crippen LogP contribution >= 0.6 is 11.3 Å². The van der Waals surface area contributed by atoms with Gasteiger partial charge in [0.15, 0.2) is 0 Å². The van der Waals surface area contributed by atoms with E-state index in [1.807, 2.05) is 17.5 Å². The molecule has 142 valence electrons. The van der Waals surface area contributed by atoms with Crippen LogP contribution in [0.5, 0.6) is 5.75 Å². The van der Waals surface area contributed by atoms with Crippen molar-refractivity contribution in [3.63, 3.8) is 0 Å². The minimum absolute atomic E-state index is 0.154. The maximum atomic E-state index is 11.6. The van der Waals surface area contributed by atoms with Crippen molar-refractivity contribution < 1.29 is 9.53 Å². The first-order chi connectivity index (χ1) is 13.2. The number of nitrogens with one attached hydrogen (secondary N) is 1. The van der Waals surface area contributed by atoms with Gasteiger partial charge in [0.25, 0.3) is 5.91 Å². The van der Waals surface area contributed by atoms with Gasteiger partial charge in [0, 0.05) is 31.7 Å². The maximum absolute atomic E-state index is 11.6. The van der Waals surface area contributed by atoms with E-state index < -0.39 is 0 Å². The fraction of sp³-hybridized carbons (Fsp3) is 0.238. The molecule has 0 aliphatic carbocycles. The van der Waals surface area contributed by atoms with Crippen LogP contribution in [0.15, 0.2) is 65.5 Å². The first-order valence-electron chi connectivity index (χ1n) is 8.72. The third-order valence-electron chi connectivity index (χ3n) is 3.89. The van der Waals surface area contributed by atoms with Crippen LogP contribution in [-0.4, -0.2) is 31.5 Å². The molecule has 0 aliphatic heterocycles. The molecule has 1 heterocycles. The van der Waals surface area contributed by atoms with Crippen molar-refractivity contribution >= 4 is 22.9 Å². The zero-order chi connectivity index (χ0) is 19.5. The molecule has 0 spiro atoms. The van der Waals surface area contributed by atoms with Crippen LogP contribution in [0.25, 0.3) is 0 Å². The number of hydrogen-bond acceptors (Lipinski definition) is 5. The van der Waals surface area contributed by atoms with Gasteiger partial charge in [-0.1, -0.05) is 30.3 Å². The Morgan fingerprint density at radius 2 is 1.85 bits per heavy atom. The third kappa shape index (κ3) is 6.42. The number of amides is 1. The lowest BCUT2D eigenvalue weighted by Crippen LogP contribution is -2.18. The van der Waals surface area contributed by atoms with Crippen molar-refractivity contribution in [2.24, 2.45) is 0 Å². The molecule has 0 saturated carbocycles. The number of anilines is 1. The number of aromatic nitrogens is 1. The highest BCUT2D eigenvalue weighted by molar-refractivity contribution is 7.07. The summed E-state index contributed by atoms with van der Waals surface area (Å²) in [5, 5.41) is 4.50. The van der Waals surface area contributed by atoms with Crippen LogP contribution in [0.1, 0.15) is 23.0 Å². The quantitative estimate of drug-likeness (QED) is 0.692. The highest BCUT2D eigenvalue weighted by atomic mass is 32.1. The number of thiazole rings is 1. The lowest BCUT2D eigenvalue weighted by molar-refractivity contribution is 0.0958. The Labute approximate surface area is 164 Å². The Bertz CT molecular complexity index is 807. The smallest absolute Gasteiger partial charge is 0.254 e. The second-order valence-electron chi connectivity index (χ2n) is 5.69. The minimum atomic E-state index is -0.154.